The zero-order valence-corrected chi connectivity index (χ0v) is 11.1. The van der Waals surface area contributed by atoms with Crippen LogP contribution in [0.25, 0.3) is 0 Å². The van der Waals surface area contributed by atoms with Crippen molar-refractivity contribution in [2.75, 3.05) is 17.3 Å². The zero-order valence-electron chi connectivity index (χ0n) is 10.3. The van der Waals surface area contributed by atoms with E-state index < -0.39 is 9.84 Å². The van der Waals surface area contributed by atoms with E-state index in [0.717, 1.165) is 0 Å². The number of hydrogen-bond acceptors (Lipinski definition) is 4. The number of carbonyl (C=O) groups excluding carboxylic acids is 1. The van der Waals surface area contributed by atoms with E-state index in [9.17, 15) is 13.2 Å². The zero-order chi connectivity index (χ0) is 13.6. The molecule has 0 atom stereocenters. The van der Waals surface area contributed by atoms with Gasteiger partial charge in [0, 0.05) is 24.9 Å². The number of rotatable bonds is 7. The van der Waals surface area contributed by atoms with E-state index in [-0.39, 0.29) is 18.2 Å². The predicted octanol–water partition coefficient (Wildman–Crippen LogP) is 0.832. The molecule has 0 saturated carbocycles. The van der Waals surface area contributed by atoms with Crippen LogP contribution < -0.4 is 5.32 Å². The first-order chi connectivity index (χ1) is 8.40. The molecule has 1 N–H and O–H groups in total. The number of amides is 1. The number of aromatic nitrogens is 2. The summed E-state index contributed by atoms with van der Waals surface area (Å²) in [6, 6.07) is 1.63. The molecule has 0 unspecified atom stereocenters. The first-order valence-corrected chi connectivity index (χ1v) is 7.58. The van der Waals surface area contributed by atoms with Crippen LogP contribution in [-0.4, -0.2) is 36.1 Å². The lowest BCUT2D eigenvalue weighted by Gasteiger charge is -2.01. The van der Waals surface area contributed by atoms with Crippen LogP contribution in [0.2, 0.25) is 0 Å². The third kappa shape index (κ3) is 5.62. The summed E-state index contributed by atoms with van der Waals surface area (Å²) in [7, 11) is -3.01. The van der Waals surface area contributed by atoms with Gasteiger partial charge in [-0.15, -0.1) is 6.58 Å². The van der Waals surface area contributed by atoms with Crippen LogP contribution in [0.4, 0.5) is 5.82 Å². The molecule has 0 aliphatic carbocycles. The smallest absolute Gasteiger partial charge is 0.225 e. The summed E-state index contributed by atoms with van der Waals surface area (Å²) in [5, 5.41) is 6.68. The average molecular weight is 271 g/mol. The fraction of sp³-hybridized carbons (Fsp3) is 0.455. The maximum Gasteiger partial charge on any atom is 0.225 e. The fourth-order valence-corrected chi connectivity index (χ4v) is 1.77. The van der Waals surface area contributed by atoms with Crippen LogP contribution in [0.5, 0.6) is 0 Å². The summed E-state index contributed by atoms with van der Waals surface area (Å²) >= 11 is 0. The largest absolute Gasteiger partial charge is 0.309 e. The minimum absolute atomic E-state index is 0.0263. The molecule has 0 radical (unpaired) electrons. The molecule has 18 heavy (non-hydrogen) atoms. The second kappa shape index (κ2) is 6.34. The SMILES string of the molecule is C=CCCC(=O)Nc1ccn(CCS(C)(=O)=O)n1. The van der Waals surface area contributed by atoms with Crippen molar-refractivity contribution >= 4 is 21.6 Å². The molecule has 1 rings (SSSR count). The van der Waals surface area contributed by atoms with E-state index in [1.54, 1.807) is 18.3 Å². The van der Waals surface area contributed by atoms with Crippen molar-refractivity contribution < 1.29 is 13.2 Å². The van der Waals surface area contributed by atoms with E-state index in [1.807, 2.05) is 0 Å². The maximum atomic E-state index is 11.4. The Labute approximate surface area is 107 Å². The number of sulfone groups is 1. The van der Waals surface area contributed by atoms with E-state index in [4.69, 9.17) is 0 Å². The van der Waals surface area contributed by atoms with Gasteiger partial charge in [0.05, 0.1) is 12.3 Å². The van der Waals surface area contributed by atoms with Crippen LogP contribution in [0.1, 0.15) is 12.8 Å². The first-order valence-electron chi connectivity index (χ1n) is 5.52. The summed E-state index contributed by atoms with van der Waals surface area (Å²) in [5.41, 5.74) is 0. The normalized spacial score (nSPS) is 11.2. The summed E-state index contributed by atoms with van der Waals surface area (Å²) < 4.78 is 23.5. The molecule has 7 heteroatoms. The highest BCUT2D eigenvalue weighted by Crippen LogP contribution is 2.04. The van der Waals surface area contributed by atoms with E-state index in [2.05, 4.69) is 17.0 Å². The molecular weight excluding hydrogens is 254 g/mol. The predicted molar refractivity (Wildman–Crippen MR) is 70.0 cm³/mol. The van der Waals surface area contributed by atoms with Gasteiger partial charge in [0.1, 0.15) is 9.84 Å². The van der Waals surface area contributed by atoms with Crippen LogP contribution in [0.3, 0.4) is 0 Å². The fourth-order valence-electron chi connectivity index (χ4n) is 1.25. The lowest BCUT2D eigenvalue weighted by molar-refractivity contribution is -0.116. The molecule has 0 bridgehead atoms. The van der Waals surface area contributed by atoms with Gasteiger partial charge in [-0.1, -0.05) is 6.08 Å². The Hall–Kier alpha value is -1.63. The highest BCUT2D eigenvalue weighted by molar-refractivity contribution is 7.90. The minimum atomic E-state index is -3.01. The van der Waals surface area contributed by atoms with E-state index >= 15 is 0 Å². The number of allylic oxidation sites excluding steroid dienone is 1. The Balaban J connectivity index is 2.48. The summed E-state index contributed by atoms with van der Waals surface area (Å²) in [4.78, 5) is 11.4. The molecule has 0 saturated heterocycles. The molecule has 0 fully saturated rings. The summed E-state index contributed by atoms with van der Waals surface area (Å²) in [6.07, 6.45) is 5.45. The summed E-state index contributed by atoms with van der Waals surface area (Å²) in [6.45, 7) is 3.81. The standard InChI is InChI=1S/C11H17N3O3S/c1-3-4-5-11(15)12-10-6-7-14(13-10)8-9-18(2,16)17/h3,6-7H,1,4-5,8-9H2,2H3,(H,12,13,15). The van der Waals surface area contributed by atoms with E-state index in [0.29, 0.717) is 18.7 Å². The highest BCUT2D eigenvalue weighted by atomic mass is 32.2. The van der Waals surface area contributed by atoms with Crippen LogP contribution in [0, 0.1) is 0 Å². The Bertz CT molecular complexity index is 519. The topological polar surface area (TPSA) is 81.1 Å². The van der Waals surface area contributed by atoms with Crippen molar-refractivity contribution in [1.82, 2.24) is 9.78 Å². The van der Waals surface area contributed by atoms with Crippen molar-refractivity contribution in [1.29, 1.82) is 0 Å². The van der Waals surface area contributed by atoms with Gasteiger partial charge in [-0.05, 0) is 6.42 Å². The minimum Gasteiger partial charge on any atom is -0.309 e. The van der Waals surface area contributed by atoms with Gasteiger partial charge in [-0.25, -0.2) is 8.42 Å². The van der Waals surface area contributed by atoms with Gasteiger partial charge in [0.15, 0.2) is 5.82 Å². The second-order valence-corrected chi connectivity index (χ2v) is 6.23. The Morgan fingerprint density at radius 2 is 2.33 bits per heavy atom. The average Bonchev–Trinajstić information content (AvgIpc) is 2.70. The van der Waals surface area contributed by atoms with Crippen molar-refractivity contribution in [3.05, 3.63) is 24.9 Å². The van der Waals surface area contributed by atoms with Gasteiger partial charge in [0.25, 0.3) is 0 Å². The molecule has 1 aromatic heterocycles. The third-order valence-electron chi connectivity index (χ3n) is 2.17. The van der Waals surface area contributed by atoms with Crippen molar-refractivity contribution in [2.24, 2.45) is 0 Å². The number of hydrogen-bond donors (Lipinski definition) is 1. The molecule has 0 aromatic carbocycles. The molecular formula is C11H17N3O3S. The second-order valence-electron chi connectivity index (χ2n) is 3.97. The summed E-state index contributed by atoms with van der Waals surface area (Å²) in [5.74, 6) is 0.319. The molecule has 1 heterocycles. The quantitative estimate of drug-likeness (QED) is 0.745. The Morgan fingerprint density at radius 1 is 1.61 bits per heavy atom. The van der Waals surface area contributed by atoms with Crippen LogP contribution >= 0.6 is 0 Å². The van der Waals surface area contributed by atoms with Gasteiger partial charge in [-0.3, -0.25) is 9.48 Å². The Kier molecular flexibility index (Phi) is 5.08. The number of nitrogens with one attached hydrogen (secondary N) is 1. The van der Waals surface area contributed by atoms with Gasteiger partial charge < -0.3 is 5.32 Å². The molecule has 0 aliphatic heterocycles. The maximum absolute atomic E-state index is 11.4. The van der Waals surface area contributed by atoms with Gasteiger partial charge in [0.2, 0.25) is 5.91 Å². The lowest BCUT2D eigenvalue weighted by atomic mass is 10.3. The molecule has 1 amide bonds. The van der Waals surface area contributed by atoms with Crippen molar-refractivity contribution in [3.8, 4) is 0 Å². The number of aryl methyl sites for hydroxylation is 1. The number of anilines is 1. The van der Waals surface area contributed by atoms with Crippen LogP contribution in [-0.2, 0) is 21.2 Å². The van der Waals surface area contributed by atoms with Crippen molar-refractivity contribution in [2.45, 2.75) is 19.4 Å². The van der Waals surface area contributed by atoms with Crippen molar-refractivity contribution in [3.63, 3.8) is 0 Å². The number of carbonyl (C=O) groups is 1. The molecule has 1 aromatic rings. The number of nitrogens with zero attached hydrogens (tertiary/aromatic N) is 2. The van der Waals surface area contributed by atoms with Gasteiger partial charge in [-0.2, -0.15) is 5.10 Å². The molecule has 0 aliphatic rings. The lowest BCUT2D eigenvalue weighted by Crippen LogP contribution is -2.14. The first kappa shape index (κ1) is 14.4. The Morgan fingerprint density at radius 3 is 2.94 bits per heavy atom. The highest BCUT2D eigenvalue weighted by Gasteiger charge is 2.06. The van der Waals surface area contributed by atoms with Gasteiger partial charge >= 0.3 is 0 Å². The third-order valence-corrected chi connectivity index (χ3v) is 3.10. The monoisotopic (exact) mass is 271 g/mol. The molecule has 6 nitrogen and oxygen atoms in total. The molecule has 100 valence electrons. The van der Waals surface area contributed by atoms with E-state index in [1.165, 1.54) is 10.9 Å². The van der Waals surface area contributed by atoms with Crippen LogP contribution in [0.15, 0.2) is 24.9 Å². The molecule has 0 spiro atoms.